The van der Waals surface area contributed by atoms with Gasteiger partial charge >= 0.3 is 0 Å². The molecule has 0 fully saturated rings. The van der Waals surface area contributed by atoms with Crippen LogP contribution < -0.4 is 0 Å². The van der Waals surface area contributed by atoms with E-state index in [9.17, 15) is 0 Å². The third kappa shape index (κ3) is 4.18. The van der Waals surface area contributed by atoms with Gasteiger partial charge in [0.25, 0.3) is 0 Å². The molecule has 4 heteroatoms. The zero-order chi connectivity index (χ0) is 26.3. The predicted molar refractivity (Wildman–Crippen MR) is 164 cm³/mol. The van der Waals surface area contributed by atoms with E-state index >= 15 is 0 Å². The topological polar surface area (TPSA) is 38.7 Å². The average molecular weight is 522 g/mol. The number of hydrogen-bond acceptors (Lipinski definition) is 4. The summed E-state index contributed by atoms with van der Waals surface area (Å²) in [6.45, 7) is 4.38. The molecule has 0 spiro atoms. The first-order valence-corrected chi connectivity index (χ1v) is 14.1. The zero-order valence-corrected chi connectivity index (χ0v) is 22.7. The highest BCUT2D eigenvalue weighted by molar-refractivity contribution is 7.25. The summed E-state index contributed by atoms with van der Waals surface area (Å²) in [6.07, 6.45) is 5.33. The molecule has 0 radical (unpaired) electrons. The van der Waals surface area contributed by atoms with E-state index in [-0.39, 0.29) is 5.92 Å². The maximum absolute atomic E-state index is 5.24. The first-order valence-electron chi connectivity index (χ1n) is 13.3. The van der Waals surface area contributed by atoms with Crippen LogP contribution in [0.25, 0.3) is 48.5 Å². The molecular weight excluding hydrogens is 494 g/mol. The van der Waals surface area contributed by atoms with E-state index in [0.717, 1.165) is 29.2 Å². The van der Waals surface area contributed by atoms with Crippen LogP contribution in [0.4, 0.5) is 0 Å². The molecule has 0 aliphatic heterocycles. The first-order chi connectivity index (χ1) is 19.2. The van der Waals surface area contributed by atoms with Crippen LogP contribution in [0.15, 0.2) is 115 Å². The van der Waals surface area contributed by atoms with Crippen molar-refractivity contribution in [1.29, 1.82) is 0 Å². The first kappa shape index (κ1) is 23.7. The van der Waals surface area contributed by atoms with E-state index in [1.165, 1.54) is 42.4 Å². The van der Waals surface area contributed by atoms with Crippen LogP contribution in [0.5, 0.6) is 0 Å². The second-order valence-corrected chi connectivity index (χ2v) is 11.2. The molecule has 0 saturated heterocycles. The minimum atomic E-state index is 0.0405. The molecule has 1 atom stereocenters. The van der Waals surface area contributed by atoms with Crippen LogP contribution in [0, 0.1) is 6.92 Å². The molecule has 6 aromatic rings. The predicted octanol–water partition coefficient (Wildman–Crippen LogP) is 9.40. The number of hydrogen-bond donors (Lipinski definition) is 0. The van der Waals surface area contributed by atoms with Gasteiger partial charge in [0.2, 0.25) is 0 Å². The molecule has 7 rings (SSSR count). The minimum absolute atomic E-state index is 0.0405. The average Bonchev–Trinajstić information content (AvgIpc) is 3.37. The molecule has 0 saturated carbocycles. The van der Waals surface area contributed by atoms with Crippen molar-refractivity contribution in [2.45, 2.75) is 26.2 Å². The lowest BCUT2D eigenvalue weighted by molar-refractivity contribution is 0.774. The molecule has 4 aromatic carbocycles. The quantitative estimate of drug-likeness (QED) is 0.232. The van der Waals surface area contributed by atoms with Crippen molar-refractivity contribution >= 4 is 37.1 Å². The number of allylic oxidation sites excluding steroid dienone is 4. The molecular formula is C35H27N3S. The van der Waals surface area contributed by atoms with Gasteiger partial charge < -0.3 is 0 Å². The summed E-state index contributed by atoms with van der Waals surface area (Å²) in [4.78, 5) is 15.5. The number of rotatable bonds is 4. The maximum Gasteiger partial charge on any atom is 0.164 e. The Morgan fingerprint density at radius 1 is 0.667 bits per heavy atom. The molecule has 1 unspecified atom stereocenters. The number of aryl methyl sites for hydroxylation is 1. The van der Waals surface area contributed by atoms with Gasteiger partial charge in [-0.3, -0.25) is 0 Å². The molecule has 1 aliphatic carbocycles. The summed E-state index contributed by atoms with van der Waals surface area (Å²) in [5.74, 6) is 2.30. The van der Waals surface area contributed by atoms with E-state index in [0.29, 0.717) is 5.82 Å². The zero-order valence-electron chi connectivity index (χ0n) is 21.9. The molecule has 3 nitrogen and oxygen atoms in total. The van der Waals surface area contributed by atoms with Gasteiger partial charge in [0.1, 0.15) is 5.82 Å². The van der Waals surface area contributed by atoms with Crippen molar-refractivity contribution in [2.24, 2.45) is 0 Å². The lowest BCUT2D eigenvalue weighted by Crippen LogP contribution is -2.13. The third-order valence-corrected chi connectivity index (χ3v) is 8.72. The van der Waals surface area contributed by atoms with Crippen molar-refractivity contribution in [1.82, 2.24) is 15.0 Å². The van der Waals surface area contributed by atoms with E-state index in [1.807, 2.05) is 29.5 Å². The van der Waals surface area contributed by atoms with Crippen LogP contribution >= 0.6 is 11.3 Å². The highest BCUT2D eigenvalue weighted by atomic mass is 32.1. The van der Waals surface area contributed by atoms with Gasteiger partial charge in [0, 0.05) is 37.2 Å². The molecule has 1 aliphatic rings. The lowest BCUT2D eigenvalue weighted by atomic mass is 9.81. The molecule has 188 valence electrons. The Balaban J connectivity index is 1.48. The SMILES string of the molecule is CC1=C(c2ccccc2C)C(c2nc(-c3ccccc3)nc(-c3cccc4sc5ccccc5c34)n2)CC=C1. The summed E-state index contributed by atoms with van der Waals surface area (Å²) < 4.78 is 2.52. The lowest BCUT2D eigenvalue weighted by Gasteiger charge is -2.25. The number of thiophene rings is 1. The summed E-state index contributed by atoms with van der Waals surface area (Å²) in [7, 11) is 0. The van der Waals surface area contributed by atoms with Crippen LogP contribution in [0.3, 0.4) is 0 Å². The fourth-order valence-electron chi connectivity index (χ4n) is 5.72. The highest BCUT2D eigenvalue weighted by Gasteiger charge is 2.27. The Labute approximate surface area is 232 Å². The second-order valence-electron chi connectivity index (χ2n) is 10.1. The third-order valence-electron chi connectivity index (χ3n) is 7.59. The van der Waals surface area contributed by atoms with Crippen LogP contribution in [-0.4, -0.2) is 15.0 Å². The molecule has 39 heavy (non-hydrogen) atoms. The van der Waals surface area contributed by atoms with Crippen molar-refractivity contribution in [3.05, 3.63) is 132 Å². The Kier molecular flexibility index (Phi) is 5.90. The highest BCUT2D eigenvalue weighted by Crippen LogP contribution is 2.43. The number of aromatic nitrogens is 3. The summed E-state index contributed by atoms with van der Waals surface area (Å²) in [5.41, 5.74) is 7.13. The van der Waals surface area contributed by atoms with Crippen molar-refractivity contribution in [2.75, 3.05) is 0 Å². The summed E-state index contributed by atoms with van der Waals surface area (Å²) in [5, 5.41) is 2.46. The maximum atomic E-state index is 5.24. The number of fused-ring (bicyclic) bond motifs is 3. The van der Waals surface area contributed by atoms with Gasteiger partial charge in [-0.2, -0.15) is 0 Å². The largest absolute Gasteiger partial charge is 0.212 e. The molecule has 0 amide bonds. The van der Waals surface area contributed by atoms with Gasteiger partial charge in [-0.15, -0.1) is 11.3 Å². The number of benzene rings is 4. The number of nitrogens with zero attached hydrogens (tertiary/aromatic N) is 3. The van der Waals surface area contributed by atoms with E-state index in [1.54, 1.807) is 0 Å². The minimum Gasteiger partial charge on any atom is -0.212 e. The Morgan fingerprint density at radius 3 is 2.26 bits per heavy atom. The van der Waals surface area contributed by atoms with Gasteiger partial charge in [0.15, 0.2) is 11.6 Å². The molecule has 2 aromatic heterocycles. The van der Waals surface area contributed by atoms with Crippen LogP contribution in [-0.2, 0) is 0 Å². The van der Waals surface area contributed by atoms with Crippen LogP contribution in [0.1, 0.15) is 36.2 Å². The fourth-order valence-corrected chi connectivity index (χ4v) is 6.85. The van der Waals surface area contributed by atoms with Crippen LogP contribution in [0.2, 0.25) is 0 Å². The van der Waals surface area contributed by atoms with Gasteiger partial charge in [0.05, 0.1) is 0 Å². The summed E-state index contributed by atoms with van der Waals surface area (Å²) in [6, 6.07) is 33.9. The van der Waals surface area contributed by atoms with Gasteiger partial charge in [-0.1, -0.05) is 97.1 Å². The van der Waals surface area contributed by atoms with Crippen molar-refractivity contribution in [3.63, 3.8) is 0 Å². The van der Waals surface area contributed by atoms with Crippen molar-refractivity contribution in [3.8, 4) is 22.8 Å². The molecule has 0 bridgehead atoms. The Hall–Kier alpha value is -4.41. The standard InChI is InChI=1S/C35H27N3S/c1-22-12-6-7-16-25(22)31-23(2)13-10-18-27(31)34-36-33(24-14-4-3-5-15-24)37-35(38-34)28-19-11-21-30-32(28)26-17-8-9-20-29(26)39-30/h3-17,19-21,27H,18H2,1-2H3. The molecule has 0 N–H and O–H groups in total. The second kappa shape index (κ2) is 9.72. The van der Waals surface area contributed by atoms with E-state index in [2.05, 4.69) is 105 Å². The van der Waals surface area contributed by atoms with Gasteiger partial charge in [-0.25, -0.2) is 15.0 Å². The van der Waals surface area contributed by atoms with Crippen molar-refractivity contribution < 1.29 is 0 Å². The smallest absolute Gasteiger partial charge is 0.164 e. The van der Waals surface area contributed by atoms with Gasteiger partial charge in [-0.05, 0) is 54.7 Å². The fraction of sp³-hybridized carbons (Fsp3) is 0.114. The monoisotopic (exact) mass is 521 g/mol. The normalized spacial score (nSPS) is 15.4. The van der Waals surface area contributed by atoms with E-state index in [4.69, 9.17) is 15.0 Å². The Morgan fingerprint density at radius 2 is 1.38 bits per heavy atom. The summed E-state index contributed by atoms with van der Waals surface area (Å²) >= 11 is 1.82. The van der Waals surface area contributed by atoms with E-state index < -0.39 is 0 Å². The molecule has 2 heterocycles. The Bertz CT molecular complexity index is 1910.